The molecule has 2 aromatic carbocycles. The normalized spacial score (nSPS) is 14.3. The second kappa shape index (κ2) is 11.9. The van der Waals surface area contributed by atoms with E-state index in [0.717, 1.165) is 28.1 Å². The van der Waals surface area contributed by atoms with Crippen molar-refractivity contribution in [1.29, 1.82) is 0 Å². The third kappa shape index (κ3) is 6.59. The van der Waals surface area contributed by atoms with Crippen molar-refractivity contribution in [2.24, 2.45) is 0 Å². The lowest BCUT2D eigenvalue weighted by molar-refractivity contribution is 0.342. The highest BCUT2D eigenvalue weighted by atomic mass is 19.1. The summed E-state index contributed by atoms with van der Waals surface area (Å²) < 4.78 is 19.3. The molecule has 1 aliphatic heterocycles. The minimum absolute atomic E-state index is 0. The van der Waals surface area contributed by atoms with Gasteiger partial charge in [0.2, 0.25) is 0 Å². The van der Waals surface area contributed by atoms with E-state index >= 15 is 0 Å². The van der Waals surface area contributed by atoms with E-state index in [9.17, 15) is 4.39 Å². The van der Waals surface area contributed by atoms with Crippen molar-refractivity contribution >= 4 is 11.5 Å². The first kappa shape index (κ1) is 24.8. The fourth-order valence-corrected chi connectivity index (χ4v) is 3.40. The first-order chi connectivity index (χ1) is 16.5. The maximum Gasteiger partial charge on any atom is 0.132 e. The van der Waals surface area contributed by atoms with Gasteiger partial charge in [-0.3, -0.25) is 0 Å². The largest absolute Gasteiger partial charge is 0.457 e. The number of rotatable bonds is 8. The Kier molecular flexibility index (Phi) is 8.65. The first-order valence-corrected chi connectivity index (χ1v) is 11.3. The summed E-state index contributed by atoms with van der Waals surface area (Å²) in [5, 5.41) is 8.49. The average Bonchev–Trinajstić information content (AvgIpc) is 3.26. The van der Waals surface area contributed by atoms with Crippen LogP contribution < -0.4 is 20.8 Å². The van der Waals surface area contributed by atoms with Crippen LogP contribution in [0, 0.1) is 12.7 Å². The molecule has 1 aromatic heterocycles. The number of aromatic nitrogens is 1. The van der Waals surface area contributed by atoms with Gasteiger partial charge in [-0.1, -0.05) is 44.7 Å². The molecule has 0 aliphatic carbocycles. The van der Waals surface area contributed by atoms with Gasteiger partial charge in [0.1, 0.15) is 29.3 Å². The fourth-order valence-electron chi connectivity index (χ4n) is 3.40. The van der Waals surface area contributed by atoms with E-state index in [1.165, 1.54) is 12.1 Å². The van der Waals surface area contributed by atoms with Gasteiger partial charge in [-0.15, -0.1) is 0 Å². The Morgan fingerprint density at radius 1 is 1.21 bits per heavy atom. The number of pyridine rings is 1. The molecule has 3 N–H and O–H groups in total. The van der Waals surface area contributed by atoms with Crippen molar-refractivity contribution in [2.45, 2.75) is 33.5 Å². The van der Waals surface area contributed by atoms with Gasteiger partial charge in [-0.25, -0.2) is 14.8 Å². The van der Waals surface area contributed by atoms with Crippen molar-refractivity contribution in [2.75, 3.05) is 12.4 Å². The van der Waals surface area contributed by atoms with Crippen LogP contribution in [0.3, 0.4) is 0 Å². The average molecular weight is 466 g/mol. The Morgan fingerprint density at radius 3 is 2.68 bits per heavy atom. The molecule has 4 rings (SSSR count). The SMILES string of the molecule is C=C(NCc1ccc(F)cc1)c1cccc(Oc2ccnc(NC3C=CN(C)N3)c2)c1C.CC.[HH].[HH]. The zero-order valence-electron chi connectivity index (χ0n) is 20.1. The number of halogens is 1. The van der Waals surface area contributed by atoms with Crippen molar-refractivity contribution < 1.29 is 12.0 Å². The van der Waals surface area contributed by atoms with E-state index in [-0.39, 0.29) is 14.8 Å². The standard InChI is InChI=1S/C25H26FN5O.C2H6.2H2/c1-17-22(18(2)28-16-19-7-9-20(26)10-8-19)5-4-6-23(17)32-21-11-13-27-25(15-21)29-24-12-14-31(3)30-24;1-2;;/h4-15,24,28,30H,2,16H2,1,3H3,(H,27,29);1-2H3;2*1H. The van der Waals surface area contributed by atoms with Crippen LogP contribution in [0.1, 0.15) is 33.4 Å². The first-order valence-electron chi connectivity index (χ1n) is 11.3. The van der Waals surface area contributed by atoms with E-state index in [1.807, 2.05) is 75.4 Å². The lowest BCUT2D eigenvalue weighted by atomic mass is 10.0. The van der Waals surface area contributed by atoms with Crippen molar-refractivity contribution in [3.8, 4) is 11.5 Å². The maximum atomic E-state index is 13.1. The Morgan fingerprint density at radius 2 is 1.97 bits per heavy atom. The number of hydrogen-bond donors (Lipinski definition) is 3. The second-order valence-electron chi connectivity index (χ2n) is 7.57. The van der Waals surface area contributed by atoms with Crippen LogP contribution >= 0.6 is 0 Å². The molecule has 0 radical (unpaired) electrons. The number of ether oxygens (including phenoxy) is 1. The Hall–Kier alpha value is -3.84. The van der Waals surface area contributed by atoms with Gasteiger partial charge in [0.25, 0.3) is 0 Å². The lowest BCUT2D eigenvalue weighted by Crippen LogP contribution is -2.37. The molecule has 1 atom stereocenters. The van der Waals surface area contributed by atoms with Gasteiger partial charge < -0.3 is 20.4 Å². The third-order valence-corrected chi connectivity index (χ3v) is 5.14. The Labute approximate surface area is 204 Å². The molecule has 182 valence electrons. The molecule has 0 saturated heterocycles. The lowest BCUT2D eigenvalue weighted by Gasteiger charge is -2.18. The highest BCUT2D eigenvalue weighted by molar-refractivity contribution is 5.67. The molecule has 0 amide bonds. The van der Waals surface area contributed by atoms with Gasteiger partial charge in [0.05, 0.1) is 0 Å². The molecule has 1 aliphatic rings. The van der Waals surface area contributed by atoms with Crippen molar-refractivity contribution in [3.05, 3.63) is 102 Å². The highest BCUT2D eigenvalue weighted by Gasteiger charge is 2.13. The minimum Gasteiger partial charge on any atom is -0.457 e. The summed E-state index contributed by atoms with van der Waals surface area (Å²) in [4.78, 5) is 4.37. The number of hydrogen-bond acceptors (Lipinski definition) is 6. The van der Waals surface area contributed by atoms with Crippen LogP contribution in [-0.2, 0) is 6.54 Å². The molecule has 7 heteroatoms. The summed E-state index contributed by atoms with van der Waals surface area (Å²) >= 11 is 0. The molecule has 34 heavy (non-hydrogen) atoms. The van der Waals surface area contributed by atoms with E-state index in [2.05, 4.69) is 27.6 Å². The molecular formula is C27H36FN5O. The van der Waals surface area contributed by atoms with Gasteiger partial charge in [-0.2, -0.15) is 0 Å². The third-order valence-electron chi connectivity index (χ3n) is 5.14. The molecule has 0 spiro atoms. The summed E-state index contributed by atoms with van der Waals surface area (Å²) in [7, 11) is 1.93. The maximum absolute atomic E-state index is 13.1. The summed E-state index contributed by atoms with van der Waals surface area (Å²) in [6.45, 7) is 10.7. The number of benzene rings is 2. The molecule has 6 nitrogen and oxygen atoms in total. The zero-order chi connectivity index (χ0) is 24.5. The van der Waals surface area contributed by atoms with Crippen LogP contribution in [-0.4, -0.2) is 23.2 Å². The monoisotopic (exact) mass is 465 g/mol. The number of nitrogens with one attached hydrogen (secondary N) is 3. The van der Waals surface area contributed by atoms with Crippen molar-refractivity contribution in [1.82, 2.24) is 20.7 Å². The predicted molar refractivity (Wildman–Crippen MR) is 141 cm³/mol. The van der Waals surface area contributed by atoms with Crippen LogP contribution in [0.4, 0.5) is 10.2 Å². The van der Waals surface area contributed by atoms with E-state index in [4.69, 9.17) is 4.74 Å². The molecule has 0 saturated carbocycles. The molecule has 0 fully saturated rings. The number of nitrogens with zero attached hydrogens (tertiary/aromatic N) is 2. The summed E-state index contributed by atoms with van der Waals surface area (Å²) in [5.74, 6) is 1.89. The van der Waals surface area contributed by atoms with Gasteiger partial charge in [0.15, 0.2) is 0 Å². The van der Waals surface area contributed by atoms with E-state index in [0.29, 0.717) is 18.1 Å². The molecule has 2 heterocycles. The molecule has 0 bridgehead atoms. The Bertz CT molecular complexity index is 1140. The van der Waals surface area contributed by atoms with Gasteiger partial charge >= 0.3 is 0 Å². The second-order valence-corrected chi connectivity index (χ2v) is 7.57. The predicted octanol–water partition coefficient (Wildman–Crippen LogP) is 6.30. The zero-order valence-corrected chi connectivity index (χ0v) is 20.1. The van der Waals surface area contributed by atoms with E-state index < -0.39 is 0 Å². The molecule has 1 unspecified atom stereocenters. The van der Waals surface area contributed by atoms with Gasteiger partial charge in [-0.05, 0) is 42.8 Å². The quantitative estimate of drug-likeness (QED) is 0.363. The van der Waals surface area contributed by atoms with Crippen molar-refractivity contribution in [3.63, 3.8) is 0 Å². The highest BCUT2D eigenvalue weighted by Crippen LogP contribution is 2.30. The van der Waals surface area contributed by atoms with E-state index in [1.54, 1.807) is 18.3 Å². The minimum atomic E-state index is -0.244. The Balaban J connectivity index is 0.00000158. The number of anilines is 1. The summed E-state index contributed by atoms with van der Waals surface area (Å²) in [6.07, 6.45) is 5.64. The summed E-state index contributed by atoms with van der Waals surface area (Å²) in [6, 6.07) is 16.0. The summed E-state index contributed by atoms with van der Waals surface area (Å²) in [5.41, 5.74) is 6.90. The molecule has 3 aromatic rings. The topological polar surface area (TPSA) is 61.5 Å². The van der Waals surface area contributed by atoms with Crippen LogP contribution in [0.5, 0.6) is 11.5 Å². The van der Waals surface area contributed by atoms with Crippen LogP contribution in [0.2, 0.25) is 0 Å². The van der Waals surface area contributed by atoms with Gasteiger partial charge in [0, 0.05) is 51.7 Å². The van der Waals surface area contributed by atoms with Crippen LogP contribution in [0.25, 0.3) is 5.70 Å². The van der Waals surface area contributed by atoms with Crippen LogP contribution in [0.15, 0.2) is 79.6 Å². The smallest absolute Gasteiger partial charge is 0.132 e. The number of hydrazine groups is 1. The molecular weight excluding hydrogens is 429 g/mol. The fraction of sp³-hybridized carbons (Fsp3) is 0.222.